The van der Waals surface area contributed by atoms with Crippen LogP contribution in [0, 0.1) is 0 Å². The highest BCUT2D eigenvalue weighted by molar-refractivity contribution is 6.10. The van der Waals surface area contributed by atoms with Gasteiger partial charge in [0.15, 0.2) is 18.6 Å². The molecule has 3 rings (SSSR count). The van der Waals surface area contributed by atoms with E-state index in [-0.39, 0.29) is 12.7 Å². The Balaban J connectivity index is 1.60. The van der Waals surface area contributed by atoms with E-state index >= 15 is 0 Å². The second kappa shape index (κ2) is 15.4. The Morgan fingerprint density at radius 3 is 2.58 bits per heavy atom. The third kappa shape index (κ3) is 8.89. The number of nitrogens with zero attached hydrogens (tertiary/aromatic N) is 6. The summed E-state index contributed by atoms with van der Waals surface area (Å²) in [6.07, 6.45) is 0.556. The topological polar surface area (TPSA) is 135 Å². The lowest BCUT2D eigenvalue weighted by atomic mass is 10.1. The number of nitrogens with one attached hydrogen (secondary N) is 1. The summed E-state index contributed by atoms with van der Waals surface area (Å²) in [7, 11) is 1.72. The van der Waals surface area contributed by atoms with Gasteiger partial charge in [-0.2, -0.15) is 0 Å². The Labute approximate surface area is 222 Å². The Morgan fingerprint density at radius 1 is 1.08 bits per heavy atom. The molecule has 0 saturated carbocycles. The first-order valence-electron chi connectivity index (χ1n) is 12.7. The SMILES string of the molecule is CCCOC(CC(CC)OC(=O)Nc1cccc(CO/N=C(/c2ccccc2)c2nnnn2C)n1)OCC. The molecule has 0 aliphatic heterocycles. The van der Waals surface area contributed by atoms with Crippen LogP contribution in [0.4, 0.5) is 10.6 Å². The second-order valence-corrected chi connectivity index (χ2v) is 8.27. The molecule has 12 nitrogen and oxygen atoms in total. The number of amides is 1. The highest BCUT2D eigenvalue weighted by atomic mass is 16.7. The molecule has 0 saturated heterocycles. The van der Waals surface area contributed by atoms with Crippen molar-refractivity contribution in [1.82, 2.24) is 25.2 Å². The molecule has 0 spiro atoms. The summed E-state index contributed by atoms with van der Waals surface area (Å²) in [5, 5.41) is 18.5. The number of hydrogen-bond acceptors (Lipinski definition) is 10. The van der Waals surface area contributed by atoms with E-state index < -0.39 is 12.4 Å². The van der Waals surface area contributed by atoms with Gasteiger partial charge in [-0.15, -0.1) is 5.10 Å². The summed E-state index contributed by atoms with van der Waals surface area (Å²) in [5.74, 6) is 0.791. The molecule has 0 aliphatic rings. The first-order valence-corrected chi connectivity index (χ1v) is 12.7. The zero-order valence-electron chi connectivity index (χ0n) is 22.2. The molecular weight excluding hydrogens is 490 g/mol. The first-order chi connectivity index (χ1) is 18.5. The largest absolute Gasteiger partial charge is 0.446 e. The molecule has 2 heterocycles. The molecule has 2 aromatic heterocycles. The van der Waals surface area contributed by atoms with E-state index in [9.17, 15) is 4.79 Å². The van der Waals surface area contributed by atoms with Crippen LogP contribution in [0.1, 0.15) is 57.1 Å². The monoisotopic (exact) mass is 525 g/mol. The van der Waals surface area contributed by atoms with Crippen LogP contribution in [-0.4, -0.2) is 62.6 Å². The molecule has 1 N–H and O–H groups in total. The second-order valence-electron chi connectivity index (χ2n) is 8.27. The third-order valence-corrected chi connectivity index (χ3v) is 5.33. The number of anilines is 1. The number of aromatic nitrogens is 5. The van der Waals surface area contributed by atoms with Crippen molar-refractivity contribution in [2.45, 2.75) is 59.0 Å². The molecule has 0 fully saturated rings. The van der Waals surface area contributed by atoms with Gasteiger partial charge in [0.1, 0.15) is 11.9 Å². The van der Waals surface area contributed by atoms with Gasteiger partial charge in [-0.1, -0.05) is 55.4 Å². The van der Waals surface area contributed by atoms with E-state index in [1.165, 1.54) is 4.68 Å². The van der Waals surface area contributed by atoms with Gasteiger partial charge in [-0.3, -0.25) is 5.32 Å². The molecule has 3 aromatic rings. The average Bonchev–Trinajstić information content (AvgIpc) is 3.35. The summed E-state index contributed by atoms with van der Waals surface area (Å²) in [5.41, 5.74) is 1.84. The molecule has 1 amide bonds. The Morgan fingerprint density at radius 2 is 1.89 bits per heavy atom. The van der Waals surface area contributed by atoms with Gasteiger partial charge in [0, 0.05) is 32.2 Å². The van der Waals surface area contributed by atoms with Gasteiger partial charge in [-0.05, 0) is 42.3 Å². The van der Waals surface area contributed by atoms with Gasteiger partial charge < -0.3 is 19.0 Å². The van der Waals surface area contributed by atoms with Crippen molar-refractivity contribution in [1.29, 1.82) is 0 Å². The summed E-state index contributed by atoms with van der Waals surface area (Å²) in [6, 6.07) is 14.7. The summed E-state index contributed by atoms with van der Waals surface area (Å²) >= 11 is 0. The number of rotatable bonds is 15. The standard InChI is InChI=1S/C26H35N7O5/c1-5-16-36-23(35-7-3)17-21(6-2)38-26(34)28-22-15-11-14-20(27-22)18-37-30-24(19-12-9-8-10-13-19)25-29-31-32-33(25)4/h8-15,21,23H,5-7,16-18H2,1-4H3,(H,27,28,34)/b30-24-. The van der Waals surface area contributed by atoms with Crippen LogP contribution in [0.15, 0.2) is 53.7 Å². The van der Waals surface area contributed by atoms with Crippen molar-refractivity contribution in [3.05, 3.63) is 65.6 Å². The van der Waals surface area contributed by atoms with Crippen molar-refractivity contribution in [2.75, 3.05) is 18.5 Å². The molecule has 0 bridgehead atoms. The Kier molecular flexibility index (Phi) is 11.6. The Hall–Kier alpha value is -3.90. The van der Waals surface area contributed by atoms with Gasteiger partial charge >= 0.3 is 6.09 Å². The molecule has 2 atom stereocenters. The number of carbonyl (C=O) groups excluding carboxylic acids is 1. The maximum absolute atomic E-state index is 12.5. The smallest absolute Gasteiger partial charge is 0.413 e. The fourth-order valence-electron chi connectivity index (χ4n) is 3.46. The van der Waals surface area contributed by atoms with Crippen LogP contribution in [0.2, 0.25) is 0 Å². The maximum atomic E-state index is 12.5. The third-order valence-electron chi connectivity index (χ3n) is 5.33. The van der Waals surface area contributed by atoms with Crippen LogP contribution in [0.25, 0.3) is 0 Å². The minimum atomic E-state index is -0.604. The number of benzene rings is 1. The number of tetrazole rings is 1. The van der Waals surface area contributed by atoms with Crippen LogP contribution >= 0.6 is 0 Å². The average molecular weight is 526 g/mol. The minimum absolute atomic E-state index is 0.0641. The summed E-state index contributed by atoms with van der Waals surface area (Å²) < 4.78 is 18.4. The van der Waals surface area contributed by atoms with Crippen molar-refractivity contribution >= 4 is 17.6 Å². The van der Waals surface area contributed by atoms with E-state index in [1.807, 2.05) is 51.1 Å². The lowest BCUT2D eigenvalue weighted by Gasteiger charge is -2.23. The normalized spacial score (nSPS) is 13.1. The van der Waals surface area contributed by atoms with Crippen molar-refractivity contribution in [3.8, 4) is 0 Å². The highest BCUT2D eigenvalue weighted by Crippen LogP contribution is 2.14. The zero-order valence-corrected chi connectivity index (χ0v) is 22.2. The fraction of sp³-hybridized carbons (Fsp3) is 0.462. The number of oxime groups is 1. The lowest BCUT2D eigenvalue weighted by molar-refractivity contribution is -0.155. The van der Waals surface area contributed by atoms with E-state index in [0.717, 1.165) is 12.0 Å². The maximum Gasteiger partial charge on any atom is 0.413 e. The predicted octanol–water partition coefficient (Wildman–Crippen LogP) is 4.08. The van der Waals surface area contributed by atoms with Crippen molar-refractivity contribution in [2.24, 2.45) is 12.2 Å². The minimum Gasteiger partial charge on any atom is -0.446 e. The first kappa shape index (κ1) is 28.7. The predicted molar refractivity (Wildman–Crippen MR) is 140 cm³/mol. The summed E-state index contributed by atoms with van der Waals surface area (Å²) in [4.78, 5) is 22.6. The van der Waals surface area contributed by atoms with Gasteiger partial charge in [0.05, 0.1) is 5.69 Å². The van der Waals surface area contributed by atoms with Gasteiger partial charge in [0.2, 0.25) is 5.82 Å². The molecule has 12 heteroatoms. The molecular formula is C26H35N7O5. The van der Waals surface area contributed by atoms with E-state index in [2.05, 4.69) is 31.0 Å². The van der Waals surface area contributed by atoms with E-state index in [1.54, 1.807) is 25.2 Å². The van der Waals surface area contributed by atoms with E-state index in [0.29, 0.717) is 49.1 Å². The molecule has 38 heavy (non-hydrogen) atoms. The zero-order chi connectivity index (χ0) is 27.2. The quantitative estimate of drug-likeness (QED) is 0.177. The molecule has 2 unspecified atom stereocenters. The van der Waals surface area contributed by atoms with Crippen LogP contribution in [-0.2, 0) is 32.7 Å². The van der Waals surface area contributed by atoms with Gasteiger partial charge in [-0.25, -0.2) is 14.5 Å². The lowest BCUT2D eigenvalue weighted by Crippen LogP contribution is -2.29. The van der Waals surface area contributed by atoms with Crippen molar-refractivity contribution < 1.29 is 23.8 Å². The molecule has 0 radical (unpaired) electrons. The van der Waals surface area contributed by atoms with E-state index in [4.69, 9.17) is 19.0 Å². The molecule has 204 valence electrons. The number of ether oxygens (including phenoxy) is 3. The van der Waals surface area contributed by atoms with Crippen molar-refractivity contribution in [3.63, 3.8) is 0 Å². The molecule has 0 aliphatic carbocycles. The highest BCUT2D eigenvalue weighted by Gasteiger charge is 2.20. The number of aryl methyl sites for hydroxylation is 1. The number of pyridine rings is 1. The summed E-state index contributed by atoms with van der Waals surface area (Å²) in [6.45, 7) is 7.04. The number of carbonyl (C=O) groups is 1. The molecule has 1 aromatic carbocycles. The van der Waals surface area contributed by atoms with Crippen LogP contribution in [0.3, 0.4) is 0 Å². The fourth-order valence-corrected chi connectivity index (χ4v) is 3.46. The van der Waals surface area contributed by atoms with Crippen LogP contribution in [0.5, 0.6) is 0 Å². The van der Waals surface area contributed by atoms with Crippen LogP contribution < -0.4 is 5.32 Å². The number of hydrogen-bond donors (Lipinski definition) is 1. The van der Waals surface area contributed by atoms with Gasteiger partial charge in [0.25, 0.3) is 0 Å². The Bertz CT molecular complexity index is 1160.